The molecule has 21 heavy (non-hydrogen) atoms. The first-order chi connectivity index (χ1) is 10.2. The first-order valence-electron chi connectivity index (χ1n) is 7.51. The van der Waals surface area contributed by atoms with Crippen LogP contribution in [0.5, 0.6) is 0 Å². The van der Waals surface area contributed by atoms with Crippen LogP contribution in [0.1, 0.15) is 22.8 Å². The summed E-state index contributed by atoms with van der Waals surface area (Å²) in [6, 6.07) is 16.4. The number of fused-ring (bicyclic) bond motifs is 1. The van der Waals surface area contributed by atoms with E-state index in [4.69, 9.17) is 0 Å². The molecule has 1 unspecified atom stereocenters. The topological polar surface area (TPSA) is 35.5 Å². The van der Waals surface area contributed by atoms with Crippen molar-refractivity contribution in [3.63, 3.8) is 0 Å². The Kier molecular flexibility index (Phi) is 4.23. The number of likely N-dealkylation sites (N-methyl/N-ethyl adjacent to an activating group) is 1. The highest BCUT2D eigenvalue weighted by molar-refractivity contribution is 5.58. The average molecular weight is 282 g/mol. The van der Waals surface area contributed by atoms with Gasteiger partial charge >= 0.3 is 0 Å². The van der Waals surface area contributed by atoms with E-state index in [1.54, 1.807) is 0 Å². The lowest BCUT2D eigenvalue weighted by molar-refractivity contribution is 0.174. The van der Waals surface area contributed by atoms with E-state index in [0.29, 0.717) is 6.54 Å². The lowest BCUT2D eigenvalue weighted by atomic mass is 10.1. The third kappa shape index (κ3) is 3.26. The molecule has 1 aliphatic rings. The standard InChI is InChI=1S/C18H22N2O/c1-20-10-9-16-11-14(7-8-17(16)20)12-19-13-18(21)15-5-3-2-4-6-15/h2-8,11,18-19,21H,9-10,12-13H2,1H3. The zero-order valence-electron chi connectivity index (χ0n) is 12.4. The summed E-state index contributed by atoms with van der Waals surface area (Å²) in [6.07, 6.45) is 0.679. The average Bonchev–Trinajstić information content (AvgIpc) is 2.89. The van der Waals surface area contributed by atoms with E-state index in [1.165, 1.54) is 16.8 Å². The molecule has 0 saturated carbocycles. The summed E-state index contributed by atoms with van der Waals surface area (Å²) in [4.78, 5) is 2.30. The molecule has 110 valence electrons. The second-order valence-electron chi connectivity index (χ2n) is 5.69. The van der Waals surface area contributed by atoms with Crippen molar-refractivity contribution in [3.05, 3.63) is 65.2 Å². The Morgan fingerprint density at radius 1 is 1.19 bits per heavy atom. The van der Waals surface area contributed by atoms with Crippen LogP contribution in [0, 0.1) is 0 Å². The van der Waals surface area contributed by atoms with Crippen LogP contribution < -0.4 is 10.2 Å². The number of hydrogen-bond acceptors (Lipinski definition) is 3. The minimum absolute atomic E-state index is 0.452. The zero-order valence-corrected chi connectivity index (χ0v) is 12.4. The molecule has 0 radical (unpaired) electrons. The number of rotatable bonds is 5. The van der Waals surface area contributed by atoms with Gasteiger partial charge in [-0.1, -0.05) is 42.5 Å². The summed E-state index contributed by atoms with van der Waals surface area (Å²) >= 11 is 0. The summed E-state index contributed by atoms with van der Waals surface area (Å²) in [6.45, 7) is 2.47. The van der Waals surface area contributed by atoms with Crippen LogP contribution in [0.3, 0.4) is 0 Å². The Hall–Kier alpha value is -1.84. The van der Waals surface area contributed by atoms with Gasteiger partial charge in [0.1, 0.15) is 0 Å². The molecule has 1 aliphatic heterocycles. The number of nitrogens with one attached hydrogen (secondary N) is 1. The van der Waals surface area contributed by atoms with Crippen molar-refractivity contribution in [2.24, 2.45) is 0 Å². The Morgan fingerprint density at radius 2 is 2.00 bits per heavy atom. The van der Waals surface area contributed by atoms with Crippen LogP contribution in [-0.4, -0.2) is 25.2 Å². The minimum Gasteiger partial charge on any atom is -0.387 e. The molecule has 1 heterocycles. The molecule has 0 amide bonds. The van der Waals surface area contributed by atoms with Crippen LogP contribution in [0.25, 0.3) is 0 Å². The van der Waals surface area contributed by atoms with Crippen LogP contribution in [0.4, 0.5) is 5.69 Å². The summed E-state index contributed by atoms with van der Waals surface area (Å²) in [5, 5.41) is 13.5. The van der Waals surface area contributed by atoms with Crippen LogP contribution in [-0.2, 0) is 13.0 Å². The van der Waals surface area contributed by atoms with Crippen LogP contribution in [0.15, 0.2) is 48.5 Å². The van der Waals surface area contributed by atoms with Gasteiger partial charge in [0.25, 0.3) is 0 Å². The Labute approximate surface area is 126 Å². The first kappa shape index (κ1) is 14.1. The summed E-state index contributed by atoms with van der Waals surface area (Å²) < 4.78 is 0. The van der Waals surface area contributed by atoms with E-state index in [1.807, 2.05) is 30.3 Å². The fraction of sp³-hybridized carbons (Fsp3) is 0.333. The monoisotopic (exact) mass is 282 g/mol. The maximum atomic E-state index is 10.1. The molecule has 0 aromatic heterocycles. The van der Waals surface area contributed by atoms with Crippen LogP contribution in [0.2, 0.25) is 0 Å². The molecule has 0 fully saturated rings. The molecular weight excluding hydrogens is 260 g/mol. The summed E-state index contributed by atoms with van der Waals surface area (Å²) in [7, 11) is 2.14. The van der Waals surface area contributed by atoms with Gasteiger partial charge in [-0.25, -0.2) is 0 Å². The maximum Gasteiger partial charge on any atom is 0.0914 e. The molecule has 3 heteroatoms. The van der Waals surface area contributed by atoms with Gasteiger partial charge in [0.15, 0.2) is 0 Å². The Morgan fingerprint density at radius 3 is 2.81 bits per heavy atom. The first-order valence-corrected chi connectivity index (χ1v) is 7.51. The number of nitrogens with zero attached hydrogens (tertiary/aromatic N) is 1. The number of aliphatic hydroxyl groups is 1. The third-order valence-electron chi connectivity index (χ3n) is 4.12. The minimum atomic E-state index is -0.452. The third-order valence-corrected chi connectivity index (χ3v) is 4.12. The molecule has 3 nitrogen and oxygen atoms in total. The predicted molar refractivity (Wildman–Crippen MR) is 86.5 cm³/mol. The molecular formula is C18H22N2O. The second kappa shape index (κ2) is 6.29. The molecule has 0 bridgehead atoms. The molecule has 2 N–H and O–H groups in total. The van der Waals surface area contributed by atoms with Gasteiger partial charge in [-0.2, -0.15) is 0 Å². The molecule has 2 aromatic carbocycles. The second-order valence-corrected chi connectivity index (χ2v) is 5.69. The van der Waals surface area contributed by atoms with Gasteiger partial charge in [0, 0.05) is 32.4 Å². The van der Waals surface area contributed by atoms with Crippen molar-refractivity contribution in [2.75, 3.05) is 25.0 Å². The van der Waals surface area contributed by atoms with Crippen LogP contribution >= 0.6 is 0 Å². The van der Waals surface area contributed by atoms with Crippen molar-refractivity contribution < 1.29 is 5.11 Å². The maximum absolute atomic E-state index is 10.1. The molecule has 0 aliphatic carbocycles. The number of benzene rings is 2. The van der Waals surface area contributed by atoms with E-state index in [9.17, 15) is 5.11 Å². The highest BCUT2D eigenvalue weighted by Gasteiger charge is 2.15. The fourth-order valence-electron chi connectivity index (χ4n) is 2.88. The van der Waals surface area contributed by atoms with Crippen molar-refractivity contribution in [3.8, 4) is 0 Å². The molecule has 3 rings (SSSR count). The molecule has 1 atom stereocenters. The van der Waals surface area contributed by atoms with E-state index >= 15 is 0 Å². The van der Waals surface area contributed by atoms with Gasteiger partial charge < -0.3 is 15.3 Å². The highest BCUT2D eigenvalue weighted by Crippen LogP contribution is 2.27. The molecule has 0 spiro atoms. The van der Waals surface area contributed by atoms with Crippen molar-refractivity contribution in [2.45, 2.75) is 19.1 Å². The lowest BCUT2D eigenvalue weighted by Gasteiger charge is -2.14. The van der Waals surface area contributed by atoms with Crippen molar-refractivity contribution in [1.82, 2.24) is 5.32 Å². The SMILES string of the molecule is CN1CCc2cc(CNCC(O)c3ccccc3)ccc21. The van der Waals surface area contributed by atoms with Gasteiger partial charge in [-0.05, 0) is 29.2 Å². The van der Waals surface area contributed by atoms with Gasteiger partial charge in [-0.15, -0.1) is 0 Å². The number of aliphatic hydroxyl groups excluding tert-OH is 1. The molecule has 2 aromatic rings. The smallest absolute Gasteiger partial charge is 0.0914 e. The Balaban J connectivity index is 1.54. The fourth-order valence-corrected chi connectivity index (χ4v) is 2.88. The quantitative estimate of drug-likeness (QED) is 0.884. The normalized spacial score (nSPS) is 15.0. The van der Waals surface area contributed by atoms with E-state index in [0.717, 1.165) is 25.1 Å². The van der Waals surface area contributed by atoms with Gasteiger partial charge in [0.05, 0.1) is 6.10 Å². The highest BCUT2D eigenvalue weighted by atomic mass is 16.3. The largest absolute Gasteiger partial charge is 0.387 e. The van der Waals surface area contributed by atoms with Crippen molar-refractivity contribution in [1.29, 1.82) is 0 Å². The van der Waals surface area contributed by atoms with E-state index in [2.05, 4.69) is 35.5 Å². The molecule has 0 saturated heterocycles. The van der Waals surface area contributed by atoms with Crippen molar-refractivity contribution >= 4 is 5.69 Å². The lowest BCUT2D eigenvalue weighted by Crippen LogP contribution is -2.21. The summed E-state index contributed by atoms with van der Waals surface area (Å²) in [5.74, 6) is 0. The van der Waals surface area contributed by atoms with E-state index in [-0.39, 0.29) is 0 Å². The predicted octanol–water partition coefficient (Wildman–Crippen LogP) is 2.50. The number of hydrogen-bond donors (Lipinski definition) is 2. The number of anilines is 1. The van der Waals surface area contributed by atoms with E-state index < -0.39 is 6.10 Å². The summed E-state index contributed by atoms with van der Waals surface area (Å²) in [5.41, 5.74) is 5.02. The van der Waals surface area contributed by atoms with Gasteiger partial charge in [-0.3, -0.25) is 0 Å². The zero-order chi connectivity index (χ0) is 14.7. The van der Waals surface area contributed by atoms with Gasteiger partial charge in [0.2, 0.25) is 0 Å². The Bertz CT molecular complexity index is 597.